The van der Waals surface area contributed by atoms with Gasteiger partial charge in [0.1, 0.15) is 0 Å². The van der Waals surface area contributed by atoms with Crippen molar-refractivity contribution >= 4 is 11.6 Å². The normalized spacial score (nSPS) is 16.1. The summed E-state index contributed by atoms with van der Waals surface area (Å²) in [5.41, 5.74) is 0.0401. The zero-order valence-electron chi connectivity index (χ0n) is 14.6. The van der Waals surface area contributed by atoms with Gasteiger partial charge in [0, 0.05) is 44.8 Å². The molecular formula is C18H26F3N3O. The molecule has 0 aliphatic carbocycles. The number of benzene rings is 1. The van der Waals surface area contributed by atoms with E-state index in [1.54, 1.807) is 6.07 Å². The van der Waals surface area contributed by atoms with E-state index in [9.17, 15) is 18.0 Å². The Kier molecular flexibility index (Phi) is 7.11. The number of amides is 1. The molecule has 0 atom stereocenters. The number of nitrogens with zero attached hydrogens (tertiary/aromatic N) is 2. The van der Waals surface area contributed by atoms with Crippen molar-refractivity contribution < 1.29 is 18.0 Å². The third-order valence-electron chi connectivity index (χ3n) is 4.46. The number of hydrogen-bond acceptors (Lipinski definition) is 3. The van der Waals surface area contributed by atoms with E-state index in [1.165, 1.54) is 12.1 Å². The van der Waals surface area contributed by atoms with Crippen molar-refractivity contribution in [3.63, 3.8) is 0 Å². The molecule has 0 saturated carbocycles. The van der Waals surface area contributed by atoms with Crippen molar-refractivity contribution in [1.29, 1.82) is 0 Å². The molecule has 1 aliphatic heterocycles. The average molecular weight is 357 g/mol. The SMILES string of the molecule is CCC(=O)NCCCCN1CCN(c2cccc(C(F)(F)F)c2)CC1. The number of unbranched alkanes of at least 4 members (excludes halogenated alkanes) is 1. The van der Waals surface area contributed by atoms with E-state index in [4.69, 9.17) is 0 Å². The molecule has 1 aromatic carbocycles. The first-order valence-corrected chi connectivity index (χ1v) is 8.81. The van der Waals surface area contributed by atoms with Gasteiger partial charge in [-0.1, -0.05) is 13.0 Å². The highest BCUT2D eigenvalue weighted by Crippen LogP contribution is 2.31. The number of hydrogen-bond donors (Lipinski definition) is 1. The van der Waals surface area contributed by atoms with E-state index in [2.05, 4.69) is 10.2 Å². The second-order valence-corrected chi connectivity index (χ2v) is 6.29. The van der Waals surface area contributed by atoms with Gasteiger partial charge >= 0.3 is 6.18 Å². The summed E-state index contributed by atoms with van der Waals surface area (Å²) in [7, 11) is 0. The van der Waals surface area contributed by atoms with E-state index >= 15 is 0 Å². The monoisotopic (exact) mass is 357 g/mol. The van der Waals surface area contributed by atoms with Crippen LogP contribution >= 0.6 is 0 Å². The highest BCUT2D eigenvalue weighted by Gasteiger charge is 2.31. The predicted molar refractivity (Wildman–Crippen MR) is 92.6 cm³/mol. The summed E-state index contributed by atoms with van der Waals surface area (Å²) in [6.07, 6.45) is -1.84. The maximum atomic E-state index is 12.8. The second kappa shape index (κ2) is 9.08. The van der Waals surface area contributed by atoms with Gasteiger partial charge in [0.15, 0.2) is 0 Å². The van der Waals surface area contributed by atoms with Crippen molar-refractivity contribution in [2.45, 2.75) is 32.4 Å². The van der Waals surface area contributed by atoms with Crippen LogP contribution in [-0.2, 0) is 11.0 Å². The summed E-state index contributed by atoms with van der Waals surface area (Å²) in [5.74, 6) is 0.0784. The molecule has 1 N–H and O–H groups in total. The Labute approximate surface area is 147 Å². The Hall–Kier alpha value is -1.76. The Morgan fingerprint density at radius 2 is 1.88 bits per heavy atom. The fourth-order valence-electron chi connectivity index (χ4n) is 2.92. The third kappa shape index (κ3) is 6.23. The fourth-order valence-corrected chi connectivity index (χ4v) is 2.92. The smallest absolute Gasteiger partial charge is 0.369 e. The molecular weight excluding hydrogens is 331 g/mol. The molecule has 2 rings (SSSR count). The molecule has 1 saturated heterocycles. The molecule has 1 amide bonds. The van der Waals surface area contributed by atoms with Crippen LogP contribution in [0.2, 0.25) is 0 Å². The van der Waals surface area contributed by atoms with Gasteiger partial charge in [-0.3, -0.25) is 9.69 Å². The van der Waals surface area contributed by atoms with E-state index in [0.717, 1.165) is 51.6 Å². The quantitative estimate of drug-likeness (QED) is 0.762. The molecule has 1 aliphatic rings. The van der Waals surface area contributed by atoms with Crippen LogP contribution < -0.4 is 10.2 Å². The zero-order chi connectivity index (χ0) is 18.3. The molecule has 0 radical (unpaired) electrons. The summed E-state index contributed by atoms with van der Waals surface area (Å²) < 4.78 is 38.5. The van der Waals surface area contributed by atoms with Crippen molar-refractivity contribution in [2.75, 3.05) is 44.2 Å². The minimum absolute atomic E-state index is 0.0784. The van der Waals surface area contributed by atoms with E-state index in [1.807, 2.05) is 11.8 Å². The van der Waals surface area contributed by atoms with Crippen LogP contribution in [0.5, 0.6) is 0 Å². The Bertz CT molecular complexity index is 555. The standard InChI is InChI=1S/C18H26F3N3O/c1-2-17(25)22-8-3-4-9-23-10-12-24(13-11-23)16-7-5-6-15(14-16)18(19,20)21/h5-7,14H,2-4,8-13H2,1H3,(H,22,25). The molecule has 0 aromatic heterocycles. The van der Waals surface area contributed by atoms with Crippen LogP contribution in [0.15, 0.2) is 24.3 Å². The lowest BCUT2D eigenvalue weighted by atomic mass is 10.1. The molecule has 0 unspecified atom stereocenters. The van der Waals surface area contributed by atoms with Crippen LogP contribution in [0.1, 0.15) is 31.7 Å². The molecule has 7 heteroatoms. The predicted octanol–water partition coefficient (Wildman–Crippen LogP) is 3.13. The summed E-state index contributed by atoms with van der Waals surface area (Å²) in [4.78, 5) is 15.5. The molecule has 0 spiro atoms. The van der Waals surface area contributed by atoms with Gasteiger partial charge in [0.2, 0.25) is 5.91 Å². The van der Waals surface area contributed by atoms with Gasteiger partial charge in [-0.05, 0) is 37.6 Å². The molecule has 0 bridgehead atoms. The number of anilines is 1. The molecule has 1 fully saturated rings. The number of halogens is 3. The second-order valence-electron chi connectivity index (χ2n) is 6.29. The Balaban J connectivity index is 1.72. The summed E-state index contributed by atoms with van der Waals surface area (Å²) >= 11 is 0. The van der Waals surface area contributed by atoms with Crippen molar-refractivity contribution in [2.24, 2.45) is 0 Å². The minimum Gasteiger partial charge on any atom is -0.369 e. The summed E-state index contributed by atoms with van der Waals surface area (Å²) in [5, 5.41) is 2.86. The summed E-state index contributed by atoms with van der Waals surface area (Å²) in [6, 6.07) is 5.54. The lowest BCUT2D eigenvalue weighted by Crippen LogP contribution is -2.46. The number of carbonyl (C=O) groups is 1. The highest BCUT2D eigenvalue weighted by atomic mass is 19.4. The molecule has 1 heterocycles. The van der Waals surface area contributed by atoms with Crippen LogP contribution in [0.25, 0.3) is 0 Å². The van der Waals surface area contributed by atoms with Crippen molar-refractivity contribution in [1.82, 2.24) is 10.2 Å². The molecule has 4 nitrogen and oxygen atoms in total. The van der Waals surface area contributed by atoms with Crippen LogP contribution in [-0.4, -0.2) is 50.1 Å². The number of alkyl halides is 3. The van der Waals surface area contributed by atoms with Gasteiger partial charge in [0.05, 0.1) is 5.56 Å². The van der Waals surface area contributed by atoms with Gasteiger partial charge in [-0.25, -0.2) is 0 Å². The lowest BCUT2D eigenvalue weighted by Gasteiger charge is -2.36. The van der Waals surface area contributed by atoms with Crippen LogP contribution in [0.4, 0.5) is 18.9 Å². The van der Waals surface area contributed by atoms with Crippen LogP contribution in [0, 0.1) is 0 Å². The number of rotatable bonds is 7. The maximum Gasteiger partial charge on any atom is 0.416 e. The van der Waals surface area contributed by atoms with E-state index < -0.39 is 11.7 Å². The first-order valence-electron chi connectivity index (χ1n) is 8.81. The molecule has 140 valence electrons. The van der Waals surface area contributed by atoms with Gasteiger partial charge < -0.3 is 10.2 Å². The number of nitrogens with one attached hydrogen (secondary N) is 1. The summed E-state index contributed by atoms with van der Waals surface area (Å²) in [6.45, 7) is 6.64. The van der Waals surface area contributed by atoms with Gasteiger partial charge in [-0.15, -0.1) is 0 Å². The van der Waals surface area contributed by atoms with Crippen molar-refractivity contribution in [3.8, 4) is 0 Å². The minimum atomic E-state index is -4.30. The Morgan fingerprint density at radius 1 is 1.16 bits per heavy atom. The number of carbonyl (C=O) groups excluding carboxylic acids is 1. The lowest BCUT2D eigenvalue weighted by molar-refractivity contribution is -0.137. The first-order chi connectivity index (χ1) is 11.9. The first kappa shape index (κ1) is 19.6. The third-order valence-corrected chi connectivity index (χ3v) is 4.46. The van der Waals surface area contributed by atoms with Gasteiger partial charge in [-0.2, -0.15) is 13.2 Å². The molecule has 25 heavy (non-hydrogen) atoms. The van der Waals surface area contributed by atoms with E-state index in [-0.39, 0.29) is 5.91 Å². The maximum absolute atomic E-state index is 12.8. The highest BCUT2D eigenvalue weighted by molar-refractivity contribution is 5.75. The topological polar surface area (TPSA) is 35.6 Å². The largest absolute Gasteiger partial charge is 0.416 e. The Morgan fingerprint density at radius 3 is 2.52 bits per heavy atom. The van der Waals surface area contributed by atoms with Crippen LogP contribution in [0.3, 0.4) is 0 Å². The zero-order valence-corrected chi connectivity index (χ0v) is 14.6. The van der Waals surface area contributed by atoms with Crippen molar-refractivity contribution in [3.05, 3.63) is 29.8 Å². The average Bonchev–Trinajstić information content (AvgIpc) is 2.61. The number of piperazine rings is 1. The van der Waals surface area contributed by atoms with Gasteiger partial charge in [0.25, 0.3) is 0 Å². The van der Waals surface area contributed by atoms with E-state index in [0.29, 0.717) is 18.7 Å². The molecule has 1 aromatic rings. The fraction of sp³-hybridized carbons (Fsp3) is 0.611.